The van der Waals surface area contributed by atoms with Gasteiger partial charge in [0, 0.05) is 12.1 Å². The first-order valence-corrected chi connectivity index (χ1v) is 9.54. The second-order valence-electron chi connectivity index (χ2n) is 7.08. The number of hydrogen-bond donors (Lipinski definition) is 1. The number of nitrogens with two attached hydrogens (primary N) is 1. The second-order valence-corrected chi connectivity index (χ2v) is 7.08. The number of nitrogens with zero attached hydrogens (tertiary/aromatic N) is 2. The van der Waals surface area contributed by atoms with Gasteiger partial charge in [0.1, 0.15) is 11.8 Å². The summed E-state index contributed by atoms with van der Waals surface area (Å²) in [6, 6.07) is 17.4. The number of benzene rings is 2. The summed E-state index contributed by atoms with van der Waals surface area (Å²) in [6.07, 6.45) is 2.07. The molecule has 1 amide bonds. The number of carbonyl (C=O) groups excluding carboxylic acids is 2. The van der Waals surface area contributed by atoms with Crippen molar-refractivity contribution < 1.29 is 18.7 Å². The molecule has 1 aliphatic heterocycles. The number of hydrazone groups is 1. The zero-order chi connectivity index (χ0) is 21.1. The molecular formula is C23H21N3O4. The van der Waals surface area contributed by atoms with E-state index in [2.05, 4.69) is 5.10 Å². The van der Waals surface area contributed by atoms with Crippen molar-refractivity contribution in [1.82, 2.24) is 5.01 Å². The lowest BCUT2D eigenvalue weighted by molar-refractivity contribution is -0.136. The highest BCUT2D eigenvalue weighted by molar-refractivity contribution is 6.03. The Morgan fingerprint density at radius 2 is 1.87 bits per heavy atom. The summed E-state index contributed by atoms with van der Waals surface area (Å²) in [6.45, 7) is 1.59. The summed E-state index contributed by atoms with van der Waals surface area (Å²) >= 11 is 0. The third-order valence-corrected chi connectivity index (χ3v) is 4.90. The number of anilines is 1. The maximum atomic E-state index is 12.9. The molecule has 0 radical (unpaired) electrons. The maximum absolute atomic E-state index is 12.9. The molecule has 1 aliphatic rings. The van der Waals surface area contributed by atoms with E-state index in [9.17, 15) is 9.59 Å². The molecule has 3 aromatic rings. The molecule has 2 N–H and O–H groups in total. The number of hydrogen-bond acceptors (Lipinski definition) is 6. The molecule has 0 fully saturated rings. The normalized spacial score (nSPS) is 15.7. The van der Waals surface area contributed by atoms with Crippen molar-refractivity contribution in [1.29, 1.82) is 0 Å². The van der Waals surface area contributed by atoms with Crippen LogP contribution < -0.4 is 5.73 Å². The molecule has 0 saturated heterocycles. The molecule has 4 rings (SSSR count). The number of amides is 1. The van der Waals surface area contributed by atoms with Crippen molar-refractivity contribution in [3.05, 3.63) is 89.4 Å². The van der Waals surface area contributed by atoms with Crippen molar-refractivity contribution in [3.8, 4) is 0 Å². The highest BCUT2D eigenvalue weighted by Gasteiger charge is 2.35. The van der Waals surface area contributed by atoms with E-state index in [4.69, 9.17) is 14.9 Å². The lowest BCUT2D eigenvalue weighted by Gasteiger charge is -2.19. The van der Waals surface area contributed by atoms with Crippen LogP contribution >= 0.6 is 0 Å². The van der Waals surface area contributed by atoms with Gasteiger partial charge in [-0.15, -0.1) is 0 Å². The van der Waals surface area contributed by atoms with Gasteiger partial charge in [-0.2, -0.15) is 5.10 Å². The molecule has 152 valence electrons. The van der Waals surface area contributed by atoms with E-state index >= 15 is 0 Å². The first kappa shape index (κ1) is 19.4. The lowest BCUT2D eigenvalue weighted by Crippen LogP contribution is -2.31. The van der Waals surface area contributed by atoms with E-state index in [1.165, 1.54) is 5.01 Å². The molecular weight excluding hydrogens is 382 g/mol. The number of ether oxygens (including phenoxy) is 1. The second kappa shape index (κ2) is 8.24. The van der Waals surface area contributed by atoms with Crippen molar-refractivity contribution >= 4 is 23.3 Å². The zero-order valence-electron chi connectivity index (χ0n) is 16.4. The van der Waals surface area contributed by atoms with E-state index in [-0.39, 0.29) is 6.04 Å². The van der Waals surface area contributed by atoms with Crippen LogP contribution in [0.15, 0.2) is 76.4 Å². The van der Waals surface area contributed by atoms with Crippen LogP contribution in [0.2, 0.25) is 0 Å². The topological polar surface area (TPSA) is 98.1 Å². The Labute approximate surface area is 173 Å². The Morgan fingerprint density at radius 3 is 2.53 bits per heavy atom. The largest absolute Gasteiger partial charge is 0.467 e. The minimum atomic E-state index is -0.597. The number of rotatable bonds is 5. The number of nitrogen functional groups attached to an aromatic ring is 1. The Balaban J connectivity index is 1.50. The number of aryl methyl sites for hydroxylation is 1. The molecule has 1 atom stereocenters. The number of furan rings is 1. The standard InChI is InChI=1S/C23H21N3O4/c1-15-4-6-16(7-5-15)19-13-20(21-3-2-12-29-21)26(25-19)22(27)14-30-23(28)17-8-10-18(24)11-9-17/h2-12,20H,13-14,24H2,1H3/t20-/m1/s1. The van der Waals surface area contributed by atoms with Gasteiger partial charge < -0.3 is 14.9 Å². The van der Waals surface area contributed by atoms with E-state index < -0.39 is 18.5 Å². The highest BCUT2D eigenvalue weighted by Crippen LogP contribution is 2.33. The predicted octanol–water partition coefficient (Wildman–Crippen LogP) is 3.70. The summed E-state index contributed by atoms with van der Waals surface area (Å²) in [5.41, 5.74) is 9.34. The summed E-state index contributed by atoms with van der Waals surface area (Å²) in [4.78, 5) is 25.1. The Morgan fingerprint density at radius 1 is 1.13 bits per heavy atom. The van der Waals surface area contributed by atoms with Gasteiger partial charge in [-0.3, -0.25) is 4.79 Å². The van der Waals surface area contributed by atoms with Crippen LogP contribution in [0.4, 0.5) is 5.69 Å². The summed E-state index contributed by atoms with van der Waals surface area (Å²) in [5, 5.41) is 5.86. The molecule has 7 nitrogen and oxygen atoms in total. The van der Waals surface area contributed by atoms with Crippen LogP contribution in [0, 0.1) is 6.92 Å². The van der Waals surface area contributed by atoms with Crippen molar-refractivity contribution in [3.63, 3.8) is 0 Å². The van der Waals surface area contributed by atoms with Crippen LogP contribution in [-0.4, -0.2) is 29.2 Å². The van der Waals surface area contributed by atoms with Gasteiger partial charge in [0.15, 0.2) is 6.61 Å². The van der Waals surface area contributed by atoms with Crippen molar-refractivity contribution in [2.45, 2.75) is 19.4 Å². The lowest BCUT2D eigenvalue weighted by atomic mass is 10.0. The fourth-order valence-electron chi connectivity index (χ4n) is 3.26. The van der Waals surface area contributed by atoms with E-state index in [0.29, 0.717) is 23.4 Å². The van der Waals surface area contributed by atoms with Crippen LogP contribution in [0.3, 0.4) is 0 Å². The number of carbonyl (C=O) groups is 2. The van der Waals surface area contributed by atoms with Crippen LogP contribution in [0.5, 0.6) is 0 Å². The van der Waals surface area contributed by atoms with Gasteiger partial charge in [-0.25, -0.2) is 9.80 Å². The molecule has 0 unspecified atom stereocenters. The fourth-order valence-corrected chi connectivity index (χ4v) is 3.26. The monoisotopic (exact) mass is 403 g/mol. The third-order valence-electron chi connectivity index (χ3n) is 4.90. The highest BCUT2D eigenvalue weighted by atomic mass is 16.5. The molecule has 0 spiro atoms. The molecule has 2 aromatic carbocycles. The Hall–Kier alpha value is -3.87. The summed E-state index contributed by atoms with van der Waals surface area (Å²) in [5.74, 6) is -0.402. The van der Waals surface area contributed by atoms with Crippen LogP contribution in [0.25, 0.3) is 0 Å². The molecule has 0 bridgehead atoms. The minimum absolute atomic E-state index is 0.324. The maximum Gasteiger partial charge on any atom is 0.338 e. The molecule has 0 aliphatic carbocycles. The Bertz CT molecular complexity index is 1070. The van der Waals surface area contributed by atoms with Crippen LogP contribution in [-0.2, 0) is 9.53 Å². The van der Waals surface area contributed by atoms with Gasteiger partial charge in [0.05, 0.1) is 17.5 Å². The van der Waals surface area contributed by atoms with E-state index in [0.717, 1.165) is 16.8 Å². The molecule has 1 aromatic heterocycles. The SMILES string of the molecule is Cc1ccc(C2=NN(C(=O)COC(=O)c3ccc(N)cc3)[C@@H](c3ccco3)C2)cc1. The van der Waals surface area contributed by atoms with Gasteiger partial charge in [-0.05, 0) is 48.9 Å². The van der Waals surface area contributed by atoms with Gasteiger partial charge in [0.2, 0.25) is 0 Å². The van der Waals surface area contributed by atoms with E-state index in [1.54, 1.807) is 42.7 Å². The van der Waals surface area contributed by atoms with Gasteiger partial charge in [-0.1, -0.05) is 29.8 Å². The zero-order valence-corrected chi connectivity index (χ0v) is 16.4. The molecule has 7 heteroatoms. The van der Waals surface area contributed by atoms with Gasteiger partial charge in [0.25, 0.3) is 5.91 Å². The first-order valence-electron chi connectivity index (χ1n) is 9.54. The summed E-state index contributed by atoms with van der Waals surface area (Å²) in [7, 11) is 0. The van der Waals surface area contributed by atoms with Gasteiger partial charge >= 0.3 is 5.97 Å². The number of esters is 1. The first-order chi connectivity index (χ1) is 14.5. The Kier molecular flexibility index (Phi) is 5.34. The van der Waals surface area contributed by atoms with Crippen LogP contribution in [0.1, 0.15) is 39.7 Å². The fraction of sp³-hybridized carbons (Fsp3) is 0.174. The average molecular weight is 403 g/mol. The molecule has 0 saturated carbocycles. The molecule has 30 heavy (non-hydrogen) atoms. The molecule has 2 heterocycles. The van der Waals surface area contributed by atoms with Crippen molar-refractivity contribution in [2.24, 2.45) is 5.10 Å². The minimum Gasteiger partial charge on any atom is -0.467 e. The van der Waals surface area contributed by atoms with Crippen molar-refractivity contribution in [2.75, 3.05) is 12.3 Å². The predicted molar refractivity (Wildman–Crippen MR) is 112 cm³/mol. The average Bonchev–Trinajstić information content (AvgIpc) is 3.43. The quantitative estimate of drug-likeness (QED) is 0.517. The smallest absolute Gasteiger partial charge is 0.338 e. The summed E-state index contributed by atoms with van der Waals surface area (Å²) < 4.78 is 10.7. The third kappa shape index (κ3) is 4.10. The van der Waals surface area contributed by atoms with E-state index in [1.807, 2.05) is 31.2 Å².